The van der Waals surface area contributed by atoms with Crippen LogP contribution in [0, 0.1) is 0 Å². The van der Waals surface area contributed by atoms with Gasteiger partial charge in [-0.3, -0.25) is 0 Å². The Morgan fingerprint density at radius 2 is 2.14 bits per heavy atom. The number of fused-ring (bicyclic) bond motifs is 1. The lowest BCUT2D eigenvalue weighted by Crippen LogP contribution is -2.28. The first-order valence-corrected chi connectivity index (χ1v) is 6.41. The summed E-state index contributed by atoms with van der Waals surface area (Å²) in [5.41, 5.74) is -0.888. The number of esters is 1. The third-order valence-electron chi connectivity index (χ3n) is 2.76. The number of rotatable bonds is 5. The molecule has 0 spiro atoms. The molecule has 1 unspecified atom stereocenters. The van der Waals surface area contributed by atoms with Crippen LogP contribution in [0.3, 0.4) is 0 Å². The van der Waals surface area contributed by atoms with Crippen molar-refractivity contribution < 1.29 is 34.0 Å². The van der Waals surface area contributed by atoms with E-state index in [1.165, 1.54) is 18.2 Å². The highest BCUT2D eigenvalue weighted by atomic mass is 16.6. The lowest BCUT2D eigenvalue weighted by molar-refractivity contribution is -0.145. The summed E-state index contributed by atoms with van der Waals surface area (Å²) in [6, 6.07) is 3.90. The normalized spacial score (nSPS) is 12.1. The van der Waals surface area contributed by atoms with Crippen LogP contribution in [0.2, 0.25) is 0 Å². The average molecular weight is 310 g/mol. The molecule has 2 rings (SSSR count). The monoisotopic (exact) mass is 310 g/mol. The number of benzene rings is 1. The van der Waals surface area contributed by atoms with Crippen LogP contribution >= 0.6 is 0 Å². The predicted molar refractivity (Wildman–Crippen MR) is 74.0 cm³/mol. The first-order valence-electron chi connectivity index (χ1n) is 6.41. The van der Waals surface area contributed by atoms with Gasteiger partial charge < -0.3 is 29.2 Å². The van der Waals surface area contributed by atoms with E-state index in [1.54, 1.807) is 6.92 Å². The van der Waals surface area contributed by atoms with Crippen LogP contribution in [0.25, 0.3) is 11.0 Å². The van der Waals surface area contributed by atoms with E-state index in [9.17, 15) is 14.7 Å². The van der Waals surface area contributed by atoms with Crippen molar-refractivity contribution in [3.63, 3.8) is 0 Å². The summed E-state index contributed by atoms with van der Waals surface area (Å²) in [6.07, 6.45) is -1.67. The predicted octanol–water partition coefficient (Wildman–Crippen LogP) is 0.156. The maximum Gasteiger partial charge on any atom is 0.383 e. The van der Waals surface area contributed by atoms with Gasteiger partial charge in [0.05, 0.1) is 18.6 Å². The van der Waals surface area contributed by atoms with Crippen molar-refractivity contribution in [2.24, 2.45) is 0 Å². The van der Waals surface area contributed by atoms with Gasteiger partial charge in [0.25, 0.3) is 0 Å². The Balaban J connectivity index is 2.42. The minimum absolute atomic E-state index is 0.0169. The number of aliphatic hydroxyl groups is 2. The molecule has 22 heavy (non-hydrogen) atoms. The van der Waals surface area contributed by atoms with E-state index in [1.807, 2.05) is 0 Å². The lowest BCUT2D eigenvalue weighted by Gasteiger charge is -2.09. The lowest BCUT2D eigenvalue weighted by atomic mass is 10.2. The molecule has 1 atom stereocenters. The molecule has 8 heteroatoms. The van der Waals surface area contributed by atoms with Crippen LogP contribution in [-0.4, -0.2) is 40.6 Å². The Labute approximate surface area is 124 Å². The Hall–Kier alpha value is -2.58. The molecular weight excluding hydrogens is 296 g/mol. The molecule has 0 aliphatic carbocycles. The van der Waals surface area contributed by atoms with Gasteiger partial charge in [0.2, 0.25) is 5.75 Å². The van der Waals surface area contributed by atoms with Crippen molar-refractivity contribution in [2.75, 3.05) is 13.2 Å². The first-order chi connectivity index (χ1) is 10.5. The van der Waals surface area contributed by atoms with Crippen LogP contribution in [-0.2, 0) is 4.79 Å². The van der Waals surface area contributed by atoms with Gasteiger partial charge in [0.15, 0.2) is 11.9 Å². The first kappa shape index (κ1) is 15.8. The van der Waals surface area contributed by atoms with Gasteiger partial charge in [0, 0.05) is 6.07 Å². The zero-order chi connectivity index (χ0) is 16.3. The van der Waals surface area contributed by atoms with Crippen molar-refractivity contribution in [1.29, 1.82) is 0 Å². The summed E-state index contributed by atoms with van der Waals surface area (Å²) in [5, 5.41) is 28.0. The van der Waals surface area contributed by atoms with Gasteiger partial charge in [-0.15, -0.1) is 0 Å². The molecule has 118 valence electrons. The second-order valence-corrected chi connectivity index (χ2v) is 4.28. The second kappa shape index (κ2) is 6.46. The molecule has 0 saturated carbocycles. The van der Waals surface area contributed by atoms with Crippen LogP contribution in [0.4, 0.5) is 0 Å². The third kappa shape index (κ3) is 3.02. The molecule has 8 nitrogen and oxygen atoms in total. The molecular formula is C14H14O8. The van der Waals surface area contributed by atoms with Crippen LogP contribution in [0.1, 0.15) is 6.92 Å². The standard InChI is InChI=1S/C14H14O8/c1-2-20-12-11(17)8-4-3-7(5-10(8)22-14(12)19)21-13(18)9(16)6-15/h3-5,9,15-17H,2,6H2,1H3. The minimum Gasteiger partial charge on any atom is -0.504 e. The fourth-order valence-corrected chi connectivity index (χ4v) is 1.74. The minimum atomic E-state index is -1.67. The van der Waals surface area contributed by atoms with Crippen LogP contribution < -0.4 is 15.1 Å². The summed E-state index contributed by atoms with van der Waals surface area (Å²) in [6.45, 7) is 1.05. The fraction of sp³-hybridized carbons (Fsp3) is 0.286. The van der Waals surface area contributed by atoms with Gasteiger partial charge in [0.1, 0.15) is 11.3 Å². The molecule has 1 aromatic carbocycles. The number of aliphatic hydroxyl groups excluding tert-OH is 2. The third-order valence-corrected chi connectivity index (χ3v) is 2.76. The Morgan fingerprint density at radius 3 is 2.77 bits per heavy atom. The van der Waals surface area contributed by atoms with E-state index in [-0.39, 0.29) is 34.8 Å². The fourth-order valence-electron chi connectivity index (χ4n) is 1.74. The van der Waals surface area contributed by atoms with Gasteiger partial charge in [-0.25, -0.2) is 9.59 Å². The summed E-state index contributed by atoms with van der Waals surface area (Å²) in [7, 11) is 0. The number of hydrogen-bond donors (Lipinski definition) is 3. The Morgan fingerprint density at radius 1 is 1.41 bits per heavy atom. The zero-order valence-electron chi connectivity index (χ0n) is 11.6. The molecule has 3 N–H and O–H groups in total. The van der Waals surface area contributed by atoms with E-state index >= 15 is 0 Å². The SMILES string of the molecule is CCOc1c(O)c2ccc(OC(=O)C(O)CO)cc2oc1=O. The quantitative estimate of drug-likeness (QED) is 0.405. The number of carbonyl (C=O) groups is 1. The maximum atomic E-state index is 11.7. The molecule has 0 bridgehead atoms. The maximum absolute atomic E-state index is 11.7. The van der Waals surface area contributed by atoms with Crippen molar-refractivity contribution in [3.05, 3.63) is 28.6 Å². The van der Waals surface area contributed by atoms with Gasteiger partial charge in [-0.1, -0.05) is 0 Å². The number of aromatic hydroxyl groups is 1. The van der Waals surface area contributed by atoms with Gasteiger partial charge >= 0.3 is 11.6 Å². The number of hydrogen-bond acceptors (Lipinski definition) is 8. The van der Waals surface area contributed by atoms with Gasteiger partial charge in [-0.2, -0.15) is 0 Å². The molecule has 0 saturated heterocycles. The molecule has 0 radical (unpaired) electrons. The van der Waals surface area contributed by atoms with Crippen molar-refractivity contribution in [2.45, 2.75) is 13.0 Å². The molecule has 0 aliphatic heterocycles. The van der Waals surface area contributed by atoms with Crippen molar-refractivity contribution in [3.8, 4) is 17.2 Å². The van der Waals surface area contributed by atoms with Crippen molar-refractivity contribution in [1.82, 2.24) is 0 Å². The van der Waals surface area contributed by atoms with Gasteiger partial charge in [-0.05, 0) is 19.1 Å². The smallest absolute Gasteiger partial charge is 0.383 e. The zero-order valence-corrected chi connectivity index (χ0v) is 11.6. The number of carbonyl (C=O) groups excluding carboxylic acids is 1. The Kier molecular flexibility index (Phi) is 4.64. The van der Waals surface area contributed by atoms with Crippen LogP contribution in [0.5, 0.6) is 17.2 Å². The van der Waals surface area contributed by atoms with E-state index in [4.69, 9.17) is 24.1 Å². The molecule has 1 heterocycles. The molecule has 1 aromatic heterocycles. The van der Waals surface area contributed by atoms with Crippen molar-refractivity contribution >= 4 is 16.9 Å². The van der Waals surface area contributed by atoms with E-state index in [0.717, 1.165) is 0 Å². The summed E-state index contributed by atoms with van der Waals surface area (Å²) >= 11 is 0. The topological polar surface area (TPSA) is 126 Å². The highest BCUT2D eigenvalue weighted by Crippen LogP contribution is 2.33. The molecule has 0 aliphatic rings. The molecule has 0 fully saturated rings. The Bertz CT molecular complexity index is 748. The van der Waals surface area contributed by atoms with E-state index in [0.29, 0.717) is 0 Å². The number of ether oxygens (including phenoxy) is 2. The largest absolute Gasteiger partial charge is 0.504 e. The summed E-state index contributed by atoms with van der Waals surface area (Å²) in [5.74, 6) is -1.74. The highest BCUT2D eigenvalue weighted by Gasteiger charge is 2.19. The van der Waals surface area contributed by atoms with Crippen LogP contribution in [0.15, 0.2) is 27.4 Å². The summed E-state index contributed by atoms with van der Waals surface area (Å²) < 4.78 is 14.8. The summed E-state index contributed by atoms with van der Waals surface area (Å²) in [4.78, 5) is 23.1. The molecule has 0 amide bonds. The van der Waals surface area contributed by atoms with E-state index < -0.39 is 24.3 Å². The highest BCUT2D eigenvalue weighted by molar-refractivity contribution is 5.87. The average Bonchev–Trinajstić information content (AvgIpc) is 2.50. The van der Waals surface area contributed by atoms with E-state index in [2.05, 4.69) is 0 Å². The molecule has 2 aromatic rings. The second-order valence-electron chi connectivity index (χ2n) is 4.28.